The summed E-state index contributed by atoms with van der Waals surface area (Å²) in [4.78, 5) is 0. The lowest BCUT2D eigenvalue weighted by atomic mass is 9.86. The van der Waals surface area contributed by atoms with Crippen LogP contribution >= 0.6 is 0 Å². The fourth-order valence-corrected chi connectivity index (χ4v) is 2.89. The Hall–Kier alpha value is -1.02. The second-order valence-corrected chi connectivity index (χ2v) is 5.21. The van der Waals surface area contributed by atoms with Crippen molar-refractivity contribution in [1.82, 2.24) is 5.32 Å². The fourth-order valence-electron chi connectivity index (χ4n) is 2.89. The van der Waals surface area contributed by atoms with E-state index in [2.05, 4.69) is 44.4 Å². The van der Waals surface area contributed by atoms with Crippen LogP contribution < -0.4 is 10.1 Å². The van der Waals surface area contributed by atoms with Crippen molar-refractivity contribution in [3.05, 3.63) is 29.3 Å². The summed E-state index contributed by atoms with van der Waals surface area (Å²) >= 11 is 0. The average molecular weight is 233 g/mol. The molecule has 2 rings (SSSR count). The molecule has 94 valence electrons. The van der Waals surface area contributed by atoms with Gasteiger partial charge in [0.1, 0.15) is 5.75 Å². The molecule has 0 aromatic heterocycles. The predicted octanol–water partition coefficient (Wildman–Crippen LogP) is 3.17. The molecule has 3 atom stereocenters. The Balaban J connectivity index is 2.44. The first kappa shape index (κ1) is 12.4. The van der Waals surface area contributed by atoms with Gasteiger partial charge in [0.05, 0.1) is 7.11 Å². The summed E-state index contributed by atoms with van der Waals surface area (Å²) in [6.07, 6.45) is 2.46. The van der Waals surface area contributed by atoms with Gasteiger partial charge in [-0.2, -0.15) is 0 Å². The highest BCUT2D eigenvalue weighted by Crippen LogP contribution is 2.37. The Bertz CT molecular complexity index is 389. The van der Waals surface area contributed by atoms with E-state index in [-0.39, 0.29) is 0 Å². The number of fused-ring (bicyclic) bond motifs is 1. The molecular weight excluding hydrogens is 210 g/mol. The third-order valence-electron chi connectivity index (χ3n) is 4.29. The van der Waals surface area contributed by atoms with E-state index in [1.807, 2.05) is 0 Å². The van der Waals surface area contributed by atoms with E-state index >= 15 is 0 Å². The lowest BCUT2D eigenvalue weighted by Gasteiger charge is -2.27. The first-order valence-electron chi connectivity index (χ1n) is 6.51. The minimum Gasteiger partial charge on any atom is -0.497 e. The Morgan fingerprint density at radius 2 is 2.06 bits per heavy atom. The second kappa shape index (κ2) is 5.09. The summed E-state index contributed by atoms with van der Waals surface area (Å²) in [5, 5.41) is 3.48. The quantitative estimate of drug-likeness (QED) is 0.792. The van der Waals surface area contributed by atoms with Crippen LogP contribution in [0.25, 0.3) is 0 Å². The maximum atomic E-state index is 5.35. The molecule has 0 amide bonds. The number of hydrogen-bond acceptors (Lipinski definition) is 2. The summed E-state index contributed by atoms with van der Waals surface area (Å²) in [6, 6.07) is 6.94. The van der Waals surface area contributed by atoms with Crippen LogP contribution in [0.1, 0.15) is 37.4 Å². The van der Waals surface area contributed by atoms with Gasteiger partial charge in [0, 0.05) is 6.04 Å². The minimum atomic E-state index is 0.442. The number of hydrogen-bond donors (Lipinski definition) is 1. The fraction of sp³-hybridized carbons (Fsp3) is 0.600. The van der Waals surface area contributed by atoms with E-state index in [0.29, 0.717) is 12.0 Å². The lowest BCUT2D eigenvalue weighted by molar-refractivity contribution is 0.296. The summed E-state index contributed by atoms with van der Waals surface area (Å²) in [7, 11) is 3.79. The van der Waals surface area contributed by atoms with Crippen molar-refractivity contribution in [2.45, 2.75) is 32.7 Å². The van der Waals surface area contributed by atoms with Crippen molar-refractivity contribution in [3.8, 4) is 5.75 Å². The summed E-state index contributed by atoms with van der Waals surface area (Å²) in [5.41, 5.74) is 2.89. The summed E-state index contributed by atoms with van der Waals surface area (Å²) in [6.45, 7) is 4.71. The first-order valence-corrected chi connectivity index (χ1v) is 6.51. The van der Waals surface area contributed by atoms with E-state index in [9.17, 15) is 0 Å². The Kier molecular flexibility index (Phi) is 3.72. The number of rotatable bonds is 2. The van der Waals surface area contributed by atoms with Crippen LogP contribution in [-0.2, 0) is 6.42 Å². The molecule has 0 fully saturated rings. The third kappa shape index (κ3) is 2.32. The first-order chi connectivity index (χ1) is 8.17. The molecule has 1 aromatic rings. The zero-order valence-electron chi connectivity index (χ0n) is 11.3. The standard InChI is InChI=1S/C15H23NO/c1-10-5-6-12-7-8-13(17-4)9-14(12)15(16-3)11(10)2/h7-11,15-16H,5-6H2,1-4H3. The molecule has 0 bridgehead atoms. The van der Waals surface area contributed by atoms with Crippen molar-refractivity contribution in [2.24, 2.45) is 11.8 Å². The van der Waals surface area contributed by atoms with Crippen molar-refractivity contribution in [2.75, 3.05) is 14.2 Å². The molecule has 0 saturated heterocycles. The molecule has 0 aliphatic heterocycles. The highest BCUT2D eigenvalue weighted by molar-refractivity contribution is 5.39. The molecular formula is C15H23NO. The van der Waals surface area contributed by atoms with Crippen molar-refractivity contribution >= 4 is 0 Å². The maximum Gasteiger partial charge on any atom is 0.119 e. The SMILES string of the molecule is CNC1c2cc(OC)ccc2CCC(C)C1C. The molecule has 1 aromatic carbocycles. The Morgan fingerprint density at radius 3 is 2.71 bits per heavy atom. The van der Waals surface area contributed by atoms with Gasteiger partial charge in [0.25, 0.3) is 0 Å². The smallest absolute Gasteiger partial charge is 0.119 e. The van der Waals surface area contributed by atoms with Gasteiger partial charge in [0.2, 0.25) is 0 Å². The van der Waals surface area contributed by atoms with Crippen molar-refractivity contribution in [1.29, 1.82) is 0 Å². The van der Waals surface area contributed by atoms with Crippen LogP contribution in [0.5, 0.6) is 5.75 Å². The Morgan fingerprint density at radius 1 is 1.29 bits per heavy atom. The van der Waals surface area contributed by atoms with Crippen molar-refractivity contribution in [3.63, 3.8) is 0 Å². The number of methoxy groups -OCH3 is 1. The highest BCUT2D eigenvalue weighted by Gasteiger charge is 2.28. The number of ether oxygens (including phenoxy) is 1. The van der Waals surface area contributed by atoms with Gasteiger partial charge in [-0.25, -0.2) is 0 Å². The van der Waals surface area contributed by atoms with Crippen LogP contribution in [0.4, 0.5) is 0 Å². The van der Waals surface area contributed by atoms with E-state index in [1.54, 1.807) is 7.11 Å². The normalized spacial score (nSPS) is 28.4. The molecule has 0 radical (unpaired) electrons. The van der Waals surface area contributed by atoms with E-state index in [4.69, 9.17) is 4.74 Å². The predicted molar refractivity (Wildman–Crippen MR) is 71.4 cm³/mol. The molecule has 1 N–H and O–H groups in total. The van der Waals surface area contributed by atoms with Gasteiger partial charge in [0.15, 0.2) is 0 Å². The zero-order chi connectivity index (χ0) is 12.4. The van der Waals surface area contributed by atoms with Gasteiger partial charge in [-0.1, -0.05) is 19.9 Å². The van der Waals surface area contributed by atoms with Gasteiger partial charge >= 0.3 is 0 Å². The average Bonchev–Trinajstić information content (AvgIpc) is 2.47. The number of aryl methyl sites for hydroxylation is 1. The van der Waals surface area contributed by atoms with Gasteiger partial charge in [-0.05, 0) is 55.0 Å². The maximum absolute atomic E-state index is 5.35. The van der Waals surface area contributed by atoms with Crippen LogP contribution in [-0.4, -0.2) is 14.2 Å². The topological polar surface area (TPSA) is 21.3 Å². The molecule has 17 heavy (non-hydrogen) atoms. The molecule has 0 saturated carbocycles. The zero-order valence-corrected chi connectivity index (χ0v) is 11.3. The van der Waals surface area contributed by atoms with E-state index in [0.717, 1.165) is 11.7 Å². The largest absolute Gasteiger partial charge is 0.497 e. The van der Waals surface area contributed by atoms with Crippen LogP contribution in [0.15, 0.2) is 18.2 Å². The van der Waals surface area contributed by atoms with E-state index < -0.39 is 0 Å². The monoisotopic (exact) mass is 233 g/mol. The van der Waals surface area contributed by atoms with Gasteiger partial charge < -0.3 is 10.1 Å². The van der Waals surface area contributed by atoms with Crippen molar-refractivity contribution < 1.29 is 4.74 Å². The molecule has 1 aliphatic carbocycles. The lowest BCUT2D eigenvalue weighted by Crippen LogP contribution is -2.26. The molecule has 0 spiro atoms. The van der Waals surface area contributed by atoms with E-state index in [1.165, 1.54) is 24.0 Å². The van der Waals surface area contributed by atoms with Gasteiger partial charge in [-0.15, -0.1) is 0 Å². The highest BCUT2D eigenvalue weighted by atomic mass is 16.5. The number of benzene rings is 1. The Labute approximate surface area is 104 Å². The van der Waals surface area contributed by atoms with Crippen LogP contribution in [0.3, 0.4) is 0 Å². The second-order valence-electron chi connectivity index (χ2n) is 5.21. The molecule has 0 heterocycles. The molecule has 1 aliphatic rings. The van der Waals surface area contributed by atoms with Crippen LogP contribution in [0, 0.1) is 11.8 Å². The molecule has 2 nitrogen and oxygen atoms in total. The molecule has 3 unspecified atom stereocenters. The summed E-state index contributed by atoms with van der Waals surface area (Å²) in [5.74, 6) is 2.38. The number of nitrogens with one attached hydrogen (secondary N) is 1. The molecule has 2 heteroatoms. The van der Waals surface area contributed by atoms with Crippen LogP contribution in [0.2, 0.25) is 0 Å². The third-order valence-corrected chi connectivity index (χ3v) is 4.29. The minimum absolute atomic E-state index is 0.442. The summed E-state index contributed by atoms with van der Waals surface area (Å²) < 4.78 is 5.35. The van der Waals surface area contributed by atoms with Gasteiger partial charge in [-0.3, -0.25) is 0 Å².